The van der Waals surface area contributed by atoms with Crippen molar-refractivity contribution in [1.82, 2.24) is 25.6 Å². The number of alkyl halides is 3. The minimum absolute atomic E-state index is 0.0166. The van der Waals surface area contributed by atoms with Gasteiger partial charge in [0.15, 0.2) is 6.61 Å². The highest BCUT2D eigenvalue weighted by Gasteiger charge is 2.29. The van der Waals surface area contributed by atoms with Crippen molar-refractivity contribution < 1.29 is 22.7 Å². The summed E-state index contributed by atoms with van der Waals surface area (Å²) >= 11 is 0. The van der Waals surface area contributed by atoms with Gasteiger partial charge in [-0.3, -0.25) is 4.79 Å². The molecule has 4 N–H and O–H groups in total. The fraction of sp³-hybridized carbons (Fsp3) is 0.474. The van der Waals surface area contributed by atoms with E-state index in [4.69, 9.17) is 0 Å². The van der Waals surface area contributed by atoms with E-state index in [0.29, 0.717) is 24.3 Å². The average Bonchev–Trinajstić information content (AvgIpc) is 2.73. The number of carbonyl (C=O) groups excluding carboxylic acids is 1. The van der Waals surface area contributed by atoms with Gasteiger partial charge in [0.1, 0.15) is 0 Å². The highest BCUT2D eigenvalue weighted by atomic mass is 19.4. The van der Waals surface area contributed by atoms with Crippen molar-refractivity contribution in [2.24, 2.45) is 0 Å². The third-order valence-corrected chi connectivity index (χ3v) is 4.26. The van der Waals surface area contributed by atoms with E-state index >= 15 is 0 Å². The molecule has 0 atom stereocenters. The standard InChI is InChI=1S/C19H24F3N7O2/c20-19(21,22)12-31-18-28-16-25-11-3-9-23-8-1-2-10-24-15(30)13-4-6-14(7-5-13)26-17(27-16)29-18/h4-7,23H,1-3,8-12H2,(H,24,30)(H2,25,26,27,28,29). The Morgan fingerprint density at radius 3 is 2.32 bits per heavy atom. The van der Waals surface area contributed by atoms with Gasteiger partial charge in [0, 0.05) is 24.3 Å². The lowest BCUT2D eigenvalue weighted by Gasteiger charge is -2.12. The zero-order valence-electron chi connectivity index (χ0n) is 16.8. The fourth-order valence-corrected chi connectivity index (χ4v) is 2.75. The highest BCUT2D eigenvalue weighted by molar-refractivity contribution is 5.94. The molecule has 2 aliphatic heterocycles. The highest BCUT2D eigenvalue weighted by Crippen LogP contribution is 2.20. The average molecular weight is 439 g/mol. The van der Waals surface area contributed by atoms with Crippen molar-refractivity contribution in [2.45, 2.75) is 25.4 Å². The summed E-state index contributed by atoms with van der Waals surface area (Å²) < 4.78 is 42.2. The van der Waals surface area contributed by atoms with Crippen LogP contribution in [0.25, 0.3) is 0 Å². The van der Waals surface area contributed by atoms with E-state index in [1.54, 1.807) is 24.3 Å². The number of hydrogen-bond acceptors (Lipinski definition) is 8. The van der Waals surface area contributed by atoms with Crippen LogP contribution in [0.1, 0.15) is 29.6 Å². The van der Waals surface area contributed by atoms with Crippen LogP contribution in [0.3, 0.4) is 0 Å². The monoisotopic (exact) mass is 439 g/mol. The Morgan fingerprint density at radius 2 is 1.55 bits per heavy atom. The molecule has 0 spiro atoms. The van der Waals surface area contributed by atoms with Crippen LogP contribution >= 0.6 is 0 Å². The number of fused-ring (bicyclic) bond motifs is 12. The molecule has 0 unspecified atom stereocenters. The van der Waals surface area contributed by atoms with Gasteiger partial charge in [-0.1, -0.05) is 0 Å². The first-order chi connectivity index (χ1) is 14.9. The Bertz CT molecular complexity index is 863. The maximum absolute atomic E-state index is 12.5. The third-order valence-electron chi connectivity index (χ3n) is 4.26. The lowest BCUT2D eigenvalue weighted by atomic mass is 10.2. The number of benzene rings is 1. The van der Waals surface area contributed by atoms with Crippen LogP contribution in [-0.4, -0.2) is 59.8 Å². The largest absolute Gasteiger partial charge is 0.454 e. The molecular weight excluding hydrogens is 415 g/mol. The van der Waals surface area contributed by atoms with Crippen molar-refractivity contribution in [3.63, 3.8) is 0 Å². The first-order valence-corrected chi connectivity index (χ1v) is 9.94. The molecule has 2 aliphatic rings. The van der Waals surface area contributed by atoms with Crippen LogP contribution in [0.5, 0.6) is 6.01 Å². The molecule has 3 heterocycles. The summed E-state index contributed by atoms with van der Waals surface area (Å²) in [4.78, 5) is 24.2. The van der Waals surface area contributed by atoms with E-state index in [1.165, 1.54) is 0 Å². The molecule has 9 nitrogen and oxygen atoms in total. The zero-order chi connectivity index (χ0) is 22.1. The number of nitrogens with zero attached hydrogens (tertiary/aromatic N) is 3. The van der Waals surface area contributed by atoms with Crippen LogP contribution in [0.4, 0.5) is 30.8 Å². The van der Waals surface area contributed by atoms with Crippen molar-refractivity contribution in [1.29, 1.82) is 0 Å². The van der Waals surface area contributed by atoms with Crippen molar-refractivity contribution in [2.75, 3.05) is 43.4 Å². The van der Waals surface area contributed by atoms with Crippen LogP contribution in [0.2, 0.25) is 0 Å². The molecule has 1 amide bonds. The van der Waals surface area contributed by atoms with Gasteiger partial charge < -0.3 is 26.0 Å². The number of amides is 1. The summed E-state index contributed by atoms with van der Waals surface area (Å²) in [6.07, 6.45) is -1.97. The molecule has 4 bridgehead atoms. The molecule has 0 saturated heterocycles. The van der Waals surface area contributed by atoms with E-state index in [2.05, 4.69) is 41.0 Å². The smallest absolute Gasteiger partial charge is 0.422 e. The minimum Gasteiger partial charge on any atom is -0.454 e. The van der Waals surface area contributed by atoms with Crippen molar-refractivity contribution in [3.8, 4) is 6.01 Å². The number of halogens is 3. The SMILES string of the molecule is O=C1NCCCCNCCCNc2nc(nc(OCC(F)(F)F)n2)Nc2ccc1cc2. The number of hydrogen-bond donors (Lipinski definition) is 4. The van der Waals surface area contributed by atoms with Gasteiger partial charge in [-0.05, 0) is 56.6 Å². The van der Waals surface area contributed by atoms with Crippen LogP contribution in [0.15, 0.2) is 24.3 Å². The summed E-state index contributed by atoms with van der Waals surface area (Å²) in [6.45, 7) is 1.16. The first kappa shape index (κ1) is 22.5. The molecule has 168 valence electrons. The van der Waals surface area contributed by atoms with E-state index in [0.717, 1.165) is 32.4 Å². The molecule has 2 aromatic rings. The van der Waals surface area contributed by atoms with Gasteiger partial charge >= 0.3 is 12.2 Å². The van der Waals surface area contributed by atoms with Gasteiger partial charge in [-0.15, -0.1) is 0 Å². The van der Waals surface area contributed by atoms with Gasteiger partial charge in [0.25, 0.3) is 5.91 Å². The lowest BCUT2D eigenvalue weighted by Crippen LogP contribution is -2.25. The molecule has 31 heavy (non-hydrogen) atoms. The maximum atomic E-state index is 12.5. The predicted molar refractivity (Wildman–Crippen MR) is 109 cm³/mol. The van der Waals surface area contributed by atoms with Crippen molar-refractivity contribution >= 4 is 23.5 Å². The van der Waals surface area contributed by atoms with E-state index in [-0.39, 0.29) is 17.8 Å². The fourth-order valence-electron chi connectivity index (χ4n) is 2.75. The summed E-state index contributed by atoms with van der Waals surface area (Å²) in [6, 6.07) is 6.13. The molecule has 0 radical (unpaired) electrons. The zero-order valence-corrected chi connectivity index (χ0v) is 16.8. The number of aromatic nitrogens is 3. The number of rotatable bonds is 2. The molecule has 1 aromatic heterocycles. The molecule has 0 fully saturated rings. The topological polar surface area (TPSA) is 113 Å². The second-order valence-electron chi connectivity index (χ2n) is 6.86. The normalized spacial score (nSPS) is 16.2. The Morgan fingerprint density at radius 1 is 0.871 bits per heavy atom. The Labute approximate surface area is 177 Å². The van der Waals surface area contributed by atoms with Crippen LogP contribution in [-0.2, 0) is 0 Å². The summed E-state index contributed by atoms with van der Waals surface area (Å²) in [5.41, 5.74) is 1.05. The van der Waals surface area contributed by atoms with Crippen LogP contribution < -0.4 is 26.0 Å². The first-order valence-electron chi connectivity index (χ1n) is 9.94. The van der Waals surface area contributed by atoms with Gasteiger partial charge in [0.2, 0.25) is 11.9 Å². The Balaban J connectivity index is 1.79. The number of carbonyl (C=O) groups is 1. The molecule has 0 aliphatic carbocycles. The molecular formula is C19H24F3N7O2. The van der Waals surface area contributed by atoms with Crippen LogP contribution in [0, 0.1) is 0 Å². The van der Waals surface area contributed by atoms with Gasteiger partial charge in [0.05, 0.1) is 0 Å². The molecule has 0 saturated carbocycles. The van der Waals surface area contributed by atoms with E-state index in [1.807, 2.05) is 0 Å². The van der Waals surface area contributed by atoms with Crippen molar-refractivity contribution in [3.05, 3.63) is 29.8 Å². The molecule has 1 aromatic carbocycles. The quantitative estimate of drug-likeness (QED) is 0.565. The minimum atomic E-state index is -4.51. The Hall–Kier alpha value is -3.15. The summed E-state index contributed by atoms with van der Waals surface area (Å²) in [5.74, 6) is -0.0570. The summed E-state index contributed by atoms with van der Waals surface area (Å²) in [7, 11) is 0. The Kier molecular flexibility index (Phi) is 7.82. The number of anilines is 3. The summed E-state index contributed by atoms with van der Waals surface area (Å²) in [5, 5.41) is 12.0. The third kappa shape index (κ3) is 7.89. The second kappa shape index (κ2) is 10.8. The molecule has 12 heteroatoms. The molecule has 4 rings (SSSR count). The van der Waals surface area contributed by atoms with Gasteiger partial charge in [-0.25, -0.2) is 0 Å². The predicted octanol–water partition coefficient (Wildman–Crippen LogP) is 2.47. The van der Waals surface area contributed by atoms with Gasteiger partial charge in [-0.2, -0.15) is 28.1 Å². The number of ether oxygens (including phenoxy) is 1. The number of nitrogens with one attached hydrogen (secondary N) is 4. The lowest BCUT2D eigenvalue weighted by molar-refractivity contribution is -0.154. The maximum Gasteiger partial charge on any atom is 0.422 e. The van der Waals surface area contributed by atoms with E-state index in [9.17, 15) is 18.0 Å². The van der Waals surface area contributed by atoms with E-state index < -0.39 is 18.8 Å². The second-order valence-corrected chi connectivity index (χ2v) is 6.86.